The van der Waals surface area contributed by atoms with Gasteiger partial charge in [-0.25, -0.2) is 9.97 Å². The topological polar surface area (TPSA) is 80.9 Å². The van der Waals surface area contributed by atoms with Gasteiger partial charge in [0, 0.05) is 9.90 Å². The maximum Gasteiger partial charge on any atom is 0.234 e. The largest absolute Gasteiger partial charge is 0.383 e. The molecule has 0 radical (unpaired) electrons. The van der Waals surface area contributed by atoms with Crippen molar-refractivity contribution in [1.29, 1.82) is 0 Å². The summed E-state index contributed by atoms with van der Waals surface area (Å²) in [6.07, 6.45) is 0. The number of fused-ring (bicyclic) bond motifs is 1. The van der Waals surface area contributed by atoms with Crippen molar-refractivity contribution in [3.05, 3.63) is 37.6 Å². The minimum absolute atomic E-state index is 0.0869. The number of aromatic nitrogens is 2. The molecule has 0 atom stereocenters. The molecule has 2 heterocycles. The summed E-state index contributed by atoms with van der Waals surface area (Å²) >= 11 is 20.7. The summed E-state index contributed by atoms with van der Waals surface area (Å²) in [5, 5.41) is 4.93. The summed E-state index contributed by atoms with van der Waals surface area (Å²) < 4.78 is 0. The standard InChI is InChI=1S/C16H13Cl3N4OS2/c1-6-7(2)26-15-12(6)14(20)22-16(23-15)25-5-11(24)21-13-9(18)3-8(17)4-10(13)19/h3-4H,5H2,1-2H3,(H,21,24)(H2,20,22,23). The van der Waals surface area contributed by atoms with Gasteiger partial charge in [0.2, 0.25) is 5.91 Å². The first-order valence-electron chi connectivity index (χ1n) is 7.36. The SMILES string of the molecule is Cc1sc2nc(SCC(=O)Nc3c(Cl)cc(Cl)cc3Cl)nc(N)c2c1C. The number of benzene rings is 1. The Hall–Kier alpha value is -1.25. The van der Waals surface area contributed by atoms with Gasteiger partial charge in [0.25, 0.3) is 0 Å². The molecule has 10 heteroatoms. The van der Waals surface area contributed by atoms with Gasteiger partial charge in [-0.2, -0.15) is 0 Å². The van der Waals surface area contributed by atoms with Crippen LogP contribution in [0.5, 0.6) is 0 Å². The molecule has 5 nitrogen and oxygen atoms in total. The van der Waals surface area contributed by atoms with Crippen LogP contribution < -0.4 is 11.1 Å². The number of aryl methyl sites for hydroxylation is 2. The van der Waals surface area contributed by atoms with Gasteiger partial charge in [-0.15, -0.1) is 11.3 Å². The fourth-order valence-corrected chi connectivity index (χ4v) is 4.95. The number of hydrogen-bond acceptors (Lipinski definition) is 6. The summed E-state index contributed by atoms with van der Waals surface area (Å²) in [6.45, 7) is 4.01. The zero-order valence-electron chi connectivity index (χ0n) is 13.7. The molecule has 3 N–H and O–H groups in total. The maximum absolute atomic E-state index is 12.2. The fourth-order valence-electron chi connectivity index (χ4n) is 2.29. The number of halogens is 3. The molecule has 0 unspecified atom stereocenters. The lowest BCUT2D eigenvalue weighted by atomic mass is 10.2. The van der Waals surface area contributed by atoms with Crippen LogP contribution in [0.15, 0.2) is 17.3 Å². The van der Waals surface area contributed by atoms with Crippen LogP contribution in [0.25, 0.3) is 10.2 Å². The highest BCUT2D eigenvalue weighted by Gasteiger charge is 2.15. The van der Waals surface area contributed by atoms with Crippen molar-refractivity contribution >= 4 is 85.5 Å². The average molecular weight is 448 g/mol. The Morgan fingerprint density at radius 3 is 2.54 bits per heavy atom. The minimum Gasteiger partial charge on any atom is -0.383 e. The van der Waals surface area contributed by atoms with Gasteiger partial charge in [0.15, 0.2) is 5.16 Å². The molecule has 0 aliphatic heterocycles. The number of amides is 1. The zero-order chi connectivity index (χ0) is 19.0. The molecule has 0 spiro atoms. The molecule has 3 aromatic rings. The molecule has 0 saturated heterocycles. The van der Waals surface area contributed by atoms with Gasteiger partial charge in [-0.3, -0.25) is 4.79 Å². The van der Waals surface area contributed by atoms with Crippen LogP contribution in [0.1, 0.15) is 10.4 Å². The lowest BCUT2D eigenvalue weighted by Gasteiger charge is -2.09. The average Bonchev–Trinajstić information content (AvgIpc) is 2.83. The Labute approximate surface area is 173 Å². The van der Waals surface area contributed by atoms with E-state index in [9.17, 15) is 4.79 Å². The Morgan fingerprint density at radius 1 is 1.23 bits per heavy atom. The lowest BCUT2D eigenvalue weighted by Crippen LogP contribution is -2.15. The summed E-state index contributed by atoms with van der Waals surface area (Å²) in [5.41, 5.74) is 7.46. The number of carbonyl (C=O) groups excluding carboxylic acids is 1. The molecule has 3 rings (SSSR count). The zero-order valence-corrected chi connectivity index (χ0v) is 17.6. The molecular formula is C16H13Cl3N4OS2. The van der Waals surface area contributed by atoms with Crippen molar-refractivity contribution in [3.63, 3.8) is 0 Å². The van der Waals surface area contributed by atoms with Crippen LogP contribution in [0.2, 0.25) is 15.1 Å². The van der Waals surface area contributed by atoms with Gasteiger partial charge in [-0.05, 0) is 31.5 Å². The number of rotatable bonds is 4. The number of nitrogens with zero attached hydrogens (tertiary/aromatic N) is 2. The maximum atomic E-state index is 12.2. The molecule has 0 aliphatic rings. The molecule has 0 bridgehead atoms. The summed E-state index contributed by atoms with van der Waals surface area (Å²) in [4.78, 5) is 23.0. The second kappa shape index (κ2) is 7.78. The summed E-state index contributed by atoms with van der Waals surface area (Å²) in [5.74, 6) is 0.217. The summed E-state index contributed by atoms with van der Waals surface area (Å²) in [6, 6.07) is 3.02. The molecule has 0 saturated carbocycles. The third kappa shape index (κ3) is 4.02. The van der Waals surface area contributed by atoms with E-state index >= 15 is 0 Å². The molecular weight excluding hydrogens is 435 g/mol. The first kappa shape index (κ1) is 19.5. The molecule has 1 amide bonds. The van der Waals surface area contributed by atoms with Gasteiger partial charge in [0.05, 0.1) is 26.9 Å². The Morgan fingerprint density at radius 2 is 1.88 bits per heavy atom. The highest BCUT2D eigenvalue weighted by atomic mass is 35.5. The first-order chi connectivity index (χ1) is 12.3. The van der Waals surface area contributed by atoms with E-state index in [-0.39, 0.29) is 21.7 Å². The van der Waals surface area contributed by atoms with Crippen LogP contribution in [0.4, 0.5) is 11.5 Å². The van der Waals surface area contributed by atoms with E-state index in [1.165, 1.54) is 23.9 Å². The molecule has 2 aromatic heterocycles. The number of nitrogens with one attached hydrogen (secondary N) is 1. The fraction of sp³-hybridized carbons (Fsp3) is 0.188. The van der Waals surface area contributed by atoms with Crippen molar-refractivity contribution in [2.45, 2.75) is 19.0 Å². The van der Waals surface area contributed by atoms with Crippen molar-refractivity contribution in [3.8, 4) is 0 Å². The van der Waals surface area contributed by atoms with E-state index in [1.54, 1.807) is 11.3 Å². The Bertz CT molecular complexity index is 999. The molecule has 136 valence electrons. The minimum atomic E-state index is -0.290. The van der Waals surface area contributed by atoms with Crippen LogP contribution in [0, 0.1) is 13.8 Å². The van der Waals surface area contributed by atoms with E-state index in [4.69, 9.17) is 40.5 Å². The van der Waals surface area contributed by atoms with Crippen LogP contribution >= 0.6 is 57.9 Å². The predicted molar refractivity (Wildman–Crippen MR) is 112 cm³/mol. The number of hydrogen-bond donors (Lipinski definition) is 2. The third-order valence-electron chi connectivity index (χ3n) is 3.64. The van der Waals surface area contributed by atoms with E-state index in [0.717, 1.165) is 20.7 Å². The highest BCUT2D eigenvalue weighted by Crippen LogP contribution is 2.35. The van der Waals surface area contributed by atoms with E-state index in [0.29, 0.717) is 21.7 Å². The van der Waals surface area contributed by atoms with Gasteiger partial charge in [-0.1, -0.05) is 46.6 Å². The normalized spacial score (nSPS) is 11.1. The monoisotopic (exact) mass is 446 g/mol. The van der Waals surface area contributed by atoms with Crippen LogP contribution in [-0.2, 0) is 4.79 Å². The lowest BCUT2D eigenvalue weighted by molar-refractivity contribution is -0.113. The number of carbonyl (C=O) groups is 1. The van der Waals surface area contributed by atoms with Gasteiger partial charge < -0.3 is 11.1 Å². The third-order valence-corrected chi connectivity index (χ3v) is 6.40. The molecule has 0 aliphatic carbocycles. The van der Waals surface area contributed by atoms with E-state index in [1.807, 2.05) is 13.8 Å². The Balaban J connectivity index is 1.73. The Kier molecular flexibility index (Phi) is 5.84. The van der Waals surface area contributed by atoms with E-state index < -0.39 is 0 Å². The summed E-state index contributed by atoms with van der Waals surface area (Å²) in [7, 11) is 0. The number of nitrogens with two attached hydrogens (primary N) is 1. The van der Waals surface area contributed by atoms with Gasteiger partial charge in [0.1, 0.15) is 10.6 Å². The number of thioether (sulfide) groups is 1. The van der Waals surface area contributed by atoms with Crippen LogP contribution in [0.3, 0.4) is 0 Å². The van der Waals surface area contributed by atoms with Crippen molar-refractivity contribution in [1.82, 2.24) is 9.97 Å². The number of anilines is 2. The molecule has 1 aromatic carbocycles. The number of nitrogen functional groups attached to an aromatic ring is 1. The van der Waals surface area contributed by atoms with Gasteiger partial charge >= 0.3 is 0 Å². The van der Waals surface area contributed by atoms with Crippen molar-refractivity contribution in [2.75, 3.05) is 16.8 Å². The number of thiophene rings is 1. The second-order valence-corrected chi connectivity index (χ2v) is 8.83. The van der Waals surface area contributed by atoms with Crippen molar-refractivity contribution in [2.24, 2.45) is 0 Å². The quantitative estimate of drug-likeness (QED) is 0.403. The molecule has 26 heavy (non-hydrogen) atoms. The van der Waals surface area contributed by atoms with E-state index in [2.05, 4.69) is 15.3 Å². The highest BCUT2D eigenvalue weighted by molar-refractivity contribution is 7.99. The second-order valence-electron chi connectivity index (χ2n) is 5.44. The van der Waals surface area contributed by atoms with Crippen LogP contribution in [-0.4, -0.2) is 21.6 Å². The van der Waals surface area contributed by atoms with Crippen molar-refractivity contribution < 1.29 is 4.79 Å². The smallest absolute Gasteiger partial charge is 0.234 e. The molecule has 0 fully saturated rings. The first-order valence-corrected chi connectivity index (χ1v) is 10.3. The predicted octanol–water partition coefficient (Wildman–Crippen LogP) is 5.58.